The van der Waals surface area contributed by atoms with E-state index < -0.39 is 62.8 Å². The topological polar surface area (TPSA) is 27.2 Å². The Morgan fingerprint density at radius 3 is 0.622 bits per heavy atom. The van der Waals surface area contributed by atoms with E-state index in [0.29, 0.717) is 46.1 Å². The van der Waals surface area contributed by atoms with Gasteiger partial charge in [-0.2, -0.15) is 0 Å². The van der Waals surface area contributed by atoms with Crippen LogP contribution in [0.4, 0.5) is 0 Å². The van der Waals surface area contributed by atoms with Crippen LogP contribution in [0.25, 0.3) is 78.8 Å². The third-order valence-electron chi connectivity index (χ3n) is 25.5. The second-order valence-corrected chi connectivity index (χ2v) is 39.6. The van der Waals surface area contributed by atoms with Crippen LogP contribution in [0.2, 0.25) is 0 Å². The van der Waals surface area contributed by atoms with Crippen LogP contribution in [0.3, 0.4) is 0 Å². The molecule has 0 radical (unpaired) electrons. The monoisotopic (exact) mass is 1830 g/mol. The van der Waals surface area contributed by atoms with Crippen molar-refractivity contribution in [2.24, 2.45) is 49.3 Å². The SMILES string of the molecule is Cc1ccc(-c2cc(C)c(C(C)C)c[n+]2C)c(C)c1.Cc1ccccc1-c1cc(C(C)C)c(C(C)C)c[n+]1C.Cc1ccccc1-c1cc(C)c(C(C)C)c[n+]1C.[2H]C(C)(C)c1cc(-c2ccccc2C)[n+](C)cc1C([2H])(C)C.[2H]C([2H])([2H])c1cc(-c2ccccc2C)[n+](C)cc1C([2H])(C)C.[2H]C([2H])([2H])c1ccc(-c2cc(C([2H])(C)C)c(C([2H])(C)C)c[n+]2C)c(C)c1.[2H]C([2H])([2H])c1ccc(-c2cc(C([2H])([2H])[2H])c(C([2H])(C)C)c[n+]2C)c(C)c1. The Bertz CT molecular complexity index is 6970. The summed E-state index contributed by atoms with van der Waals surface area (Å²) in [4.78, 5) is 0. The van der Waals surface area contributed by atoms with Crippen LogP contribution in [0.5, 0.6) is 0 Å². The van der Waals surface area contributed by atoms with Gasteiger partial charge in [-0.1, -0.05) is 264 Å². The number of pyridine rings is 7. The predicted octanol–water partition coefficient (Wildman–Crippen LogP) is 30.8. The molecule has 0 aliphatic carbocycles. The first-order valence-corrected chi connectivity index (χ1v) is 47.9. The molecular weight excluding hydrogens is 1640 g/mol. The maximum Gasteiger partial charge on any atom is 0.212 e. The van der Waals surface area contributed by atoms with Gasteiger partial charge in [-0.05, 0) is 276 Å². The molecule has 0 unspecified atom stereocenters. The fourth-order valence-corrected chi connectivity index (χ4v) is 17.8. The van der Waals surface area contributed by atoms with Crippen LogP contribution >= 0.6 is 0 Å². The second kappa shape index (κ2) is 48.9. The highest BCUT2D eigenvalue weighted by atomic mass is 15.0. The Balaban J connectivity index is 0.000000218. The third kappa shape index (κ3) is 28.2. The summed E-state index contributed by atoms with van der Waals surface area (Å²) in [5.74, 6) is -2.89. The number of aromatic nitrogens is 7. The minimum atomic E-state index is -2.34. The summed E-state index contributed by atoms with van der Waals surface area (Å²) < 4.78 is 157. The van der Waals surface area contributed by atoms with Crippen molar-refractivity contribution in [3.63, 3.8) is 0 Å². The first-order valence-electron chi connectivity index (χ1n) is 56.9. The van der Waals surface area contributed by atoms with Gasteiger partial charge < -0.3 is 0 Å². The Labute approximate surface area is 845 Å². The highest BCUT2D eigenvalue weighted by Gasteiger charge is 2.27. The first-order chi connectivity index (χ1) is 70.1. The summed E-state index contributed by atoms with van der Waals surface area (Å²) in [5, 5.41) is 0. The Kier molecular flexibility index (Phi) is 30.4. The van der Waals surface area contributed by atoms with E-state index in [1.165, 1.54) is 101 Å². The van der Waals surface area contributed by atoms with Gasteiger partial charge in [0, 0.05) is 145 Å². The molecule has 0 bridgehead atoms. The molecule has 14 rings (SSSR count). The largest absolute Gasteiger partial charge is 0.212 e. The average Bonchev–Trinajstić information content (AvgIpc) is 0.757. The zero-order valence-corrected chi connectivity index (χ0v) is 89.0. The van der Waals surface area contributed by atoms with E-state index in [4.69, 9.17) is 24.7 Å². The van der Waals surface area contributed by atoms with Gasteiger partial charge in [0.15, 0.2) is 43.4 Å². The van der Waals surface area contributed by atoms with Crippen LogP contribution in [0.1, 0.15) is 356 Å². The van der Waals surface area contributed by atoms with Gasteiger partial charge >= 0.3 is 0 Å². The molecule has 7 aromatic heterocycles. The summed E-state index contributed by atoms with van der Waals surface area (Å²) in [6, 6.07) is 64.4. The van der Waals surface area contributed by atoms with Crippen LogP contribution in [-0.4, -0.2) is 0 Å². The summed E-state index contributed by atoms with van der Waals surface area (Å²) >= 11 is 0. The molecule has 7 aromatic carbocycles. The molecule has 7 heteroatoms. The molecular formula is C128H172N7+7. The number of benzene rings is 7. The Hall–Kier alpha value is -11.4. The quantitative estimate of drug-likeness (QED) is 0.0813. The molecule has 0 saturated carbocycles. The minimum absolute atomic E-state index is 0.143. The van der Waals surface area contributed by atoms with Crippen molar-refractivity contribution in [1.29, 1.82) is 0 Å². The number of aryl methyl sites for hydroxylation is 21. The molecule has 7 heterocycles. The minimum Gasteiger partial charge on any atom is -0.201 e. The summed E-state index contributed by atoms with van der Waals surface area (Å²) in [6.45, 7) is 51.7. The third-order valence-corrected chi connectivity index (χ3v) is 25.5. The lowest BCUT2D eigenvalue weighted by atomic mass is 9.90. The maximum atomic E-state index is 8.53. The molecule has 7 nitrogen and oxygen atoms in total. The molecule has 0 spiro atoms. The van der Waals surface area contributed by atoms with E-state index in [0.717, 1.165) is 72.7 Å². The van der Waals surface area contributed by atoms with E-state index in [2.05, 4.69) is 265 Å². The number of nitrogens with zero attached hydrogens (tertiary/aromatic N) is 7. The lowest BCUT2D eigenvalue weighted by molar-refractivity contribution is -0.661. The molecule has 14 aromatic rings. The van der Waals surface area contributed by atoms with E-state index in [9.17, 15) is 0 Å². The van der Waals surface area contributed by atoms with Gasteiger partial charge in [0.25, 0.3) is 0 Å². The second-order valence-electron chi connectivity index (χ2n) is 39.6. The van der Waals surface area contributed by atoms with E-state index in [-0.39, 0.29) is 16.7 Å². The van der Waals surface area contributed by atoms with Crippen molar-refractivity contribution in [3.8, 4) is 78.8 Å². The number of rotatable bonds is 17. The summed E-state index contributed by atoms with van der Waals surface area (Å²) in [7, 11) is 14.0. The van der Waals surface area contributed by atoms with E-state index in [1.807, 2.05) is 167 Å². The van der Waals surface area contributed by atoms with Crippen LogP contribution in [-0.2, 0) is 49.3 Å². The number of hydrogen-bond donors (Lipinski definition) is 0. The highest BCUT2D eigenvalue weighted by Crippen LogP contribution is 2.37. The molecule has 0 aliphatic heterocycles. The normalized spacial score (nSPS) is 14.0. The molecule has 0 fully saturated rings. The van der Waals surface area contributed by atoms with E-state index >= 15 is 0 Å². The zero-order chi connectivity index (χ0) is 116. The van der Waals surface area contributed by atoms with Crippen molar-refractivity contribution in [2.75, 3.05) is 0 Å². The summed E-state index contributed by atoms with van der Waals surface area (Å²) in [5.41, 5.74) is 38.4. The smallest absolute Gasteiger partial charge is 0.201 e. The molecule has 135 heavy (non-hydrogen) atoms. The Morgan fingerprint density at radius 1 is 0.178 bits per heavy atom. The fourth-order valence-electron chi connectivity index (χ4n) is 17.8. The van der Waals surface area contributed by atoms with Crippen molar-refractivity contribution in [3.05, 3.63) is 371 Å². The molecule has 0 amide bonds. The van der Waals surface area contributed by atoms with Gasteiger partial charge in [0.05, 0.1) is 0 Å². The molecule has 0 atom stereocenters. The van der Waals surface area contributed by atoms with Gasteiger partial charge in [-0.3, -0.25) is 0 Å². The predicted molar refractivity (Wildman–Crippen MR) is 579 cm³/mol. The molecule has 712 valence electrons. The fraction of sp³-hybridized carbons (Fsp3) is 0.398. The first kappa shape index (κ1) is 84.1. The van der Waals surface area contributed by atoms with Crippen LogP contribution in [0, 0.1) is 96.6 Å². The van der Waals surface area contributed by atoms with E-state index in [1.54, 1.807) is 94.2 Å². The van der Waals surface area contributed by atoms with Gasteiger partial charge in [-0.15, -0.1) is 0 Å². The lowest BCUT2D eigenvalue weighted by Gasteiger charge is -2.16. The lowest BCUT2D eigenvalue weighted by Crippen LogP contribution is -2.32. The average molecular weight is 1830 g/mol. The summed E-state index contributed by atoms with van der Waals surface area (Å²) in [6.07, 6.45) is 14.2. The Morgan fingerprint density at radius 2 is 0.385 bits per heavy atom. The van der Waals surface area contributed by atoms with Gasteiger partial charge in [0.1, 0.15) is 49.3 Å². The standard InChI is InChI=1S/C20H28N.2C19H26N.2C18H24N.2C17H22N/c1-13(2)18-11-20(21(7)12-19(18)14(3)4)17-9-8-15(5)10-16(17)6;2*1-13(2)17-11-19(16-10-8-7-9-15(16)5)20(6)12-18(17)14(3)4;2*1-12(2)17-11-19(6)18(10-15(17)5)16-8-7-13(3)9-14(16)4;2*1-12(2)16-11-18(5)17(10-14(16)4)15-9-7-6-8-13(15)3/h8-14H,1-7H3;2*7-14H,1-6H3;2*7-12H,1-6H3;2*6-12H,1-5H3/q7*+1/i5D3,13D,14D;13D,14D;;3D3,5D3,12D;;4D3,12D;. The zero-order valence-electron chi connectivity index (χ0n) is 107. The maximum absolute atomic E-state index is 8.53. The number of hydrogen-bond acceptors (Lipinski definition) is 0. The van der Waals surface area contributed by atoms with Crippen molar-refractivity contribution in [1.82, 2.24) is 0 Å². The molecule has 0 N–H and O–H groups in total. The molecule has 0 saturated heterocycles. The van der Waals surface area contributed by atoms with Crippen molar-refractivity contribution >= 4 is 0 Å². The molecule has 0 aliphatic rings. The van der Waals surface area contributed by atoms with Crippen molar-refractivity contribution in [2.45, 2.75) is 294 Å². The van der Waals surface area contributed by atoms with Crippen LogP contribution < -0.4 is 32.0 Å². The van der Waals surface area contributed by atoms with Crippen molar-refractivity contribution < 1.29 is 56.6 Å². The van der Waals surface area contributed by atoms with Gasteiger partial charge in [0.2, 0.25) is 39.9 Å². The van der Waals surface area contributed by atoms with Crippen LogP contribution in [0.15, 0.2) is 238 Å². The van der Waals surface area contributed by atoms with Gasteiger partial charge in [-0.25, -0.2) is 32.0 Å². The highest BCUT2D eigenvalue weighted by molar-refractivity contribution is 5.68.